The molecule has 4 heteroatoms. The highest BCUT2D eigenvalue weighted by Gasteiger charge is 2.06. The van der Waals surface area contributed by atoms with Gasteiger partial charge in [-0.2, -0.15) is 0 Å². The van der Waals surface area contributed by atoms with Gasteiger partial charge in [-0.15, -0.1) is 11.3 Å². The molecule has 3 rings (SSSR count). The molecule has 1 N–H and O–H groups in total. The van der Waals surface area contributed by atoms with Crippen LogP contribution in [0.15, 0.2) is 53.9 Å². The van der Waals surface area contributed by atoms with Crippen molar-refractivity contribution in [1.29, 1.82) is 0 Å². The van der Waals surface area contributed by atoms with E-state index in [1.807, 2.05) is 18.2 Å². The van der Waals surface area contributed by atoms with Gasteiger partial charge in [0.2, 0.25) is 0 Å². The summed E-state index contributed by atoms with van der Waals surface area (Å²) in [7, 11) is 1.69. The fraction of sp³-hybridized carbons (Fsp3) is 0.167. The normalized spacial score (nSPS) is 10.5. The molecular weight excluding hydrogens is 292 g/mol. The van der Waals surface area contributed by atoms with Gasteiger partial charge in [0.25, 0.3) is 0 Å². The summed E-state index contributed by atoms with van der Waals surface area (Å²) < 4.78 is 5.36. The van der Waals surface area contributed by atoms with Gasteiger partial charge in [0, 0.05) is 23.1 Å². The van der Waals surface area contributed by atoms with Crippen LogP contribution in [-0.4, -0.2) is 12.1 Å². The predicted octanol–water partition coefficient (Wildman–Crippen LogP) is 4.74. The van der Waals surface area contributed by atoms with Gasteiger partial charge < -0.3 is 10.1 Å². The molecule has 0 atom stereocenters. The molecule has 0 aliphatic heterocycles. The van der Waals surface area contributed by atoms with E-state index in [9.17, 15) is 0 Å². The molecule has 0 saturated heterocycles. The number of aryl methyl sites for hydroxylation is 1. The molecule has 0 unspecified atom stereocenters. The second-order valence-electron chi connectivity index (χ2n) is 5.07. The van der Waals surface area contributed by atoms with E-state index in [1.54, 1.807) is 18.4 Å². The van der Waals surface area contributed by atoms with Crippen LogP contribution < -0.4 is 10.1 Å². The number of anilines is 1. The van der Waals surface area contributed by atoms with E-state index >= 15 is 0 Å². The number of methoxy groups -OCH3 is 1. The van der Waals surface area contributed by atoms with E-state index in [2.05, 4.69) is 52.9 Å². The number of rotatable bonds is 5. The first-order chi connectivity index (χ1) is 10.8. The third kappa shape index (κ3) is 3.28. The number of para-hydroxylation sites is 1. The zero-order valence-corrected chi connectivity index (χ0v) is 13.5. The molecule has 3 aromatic rings. The van der Waals surface area contributed by atoms with Gasteiger partial charge in [0.05, 0.1) is 12.8 Å². The molecule has 0 aliphatic rings. The van der Waals surface area contributed by atoms with Crippen LogP contribution in [0.3, 0.4) is 0 Å². The van der Waals surface area contributed by atoms with Crippen LogP contribution in [0.4, 0.5) is 5.13 Å². The van der Waals surface area contributed by atoms with Gasteiger partial charge in [-0.3, -0.25) is 0 Å². The van der Waals surface area contributed by atoms with Crippen LogP contribution in [0.25, 0.3) is 11.3 Å². The average Bonchev–Trinajstić information content (AvgIpc) is 3.03. The highest BCUT2D eigenvalue weighted by atomic mass is 32.1. The van der Waals surface area contributed by atoms with E-state index < -0.39 is 0 Å². The number of hydrogen-bond acceptors (Lipinski definition) is 4. The molecule has 1 aromatic heterocycles. The van der Waals surface area contributed by atoms with Crippen molar-refractivity contribution >= 4 is 16.5 Å². The van der Waals surface area contributed by atoms with E-state index in [4.69, 9.17) is 4.74 Å². The molecule has 0 saturated carbocycles. The van der Waals surface area contributed by atoms with Crippen LogP contribution in [0.5, 0.6) is 5.75 Å². The summed E-state index contributed by atoms with van der Waals surface area (Å²) in [6, 6.07) is 16.4. The fourth-order valence-electron chi connectivity index (χ4n) is 2.23. The van der Waals surface area contributed by atoms with Gasteiger partial charge in [-0.05, 0) is 13.0 Å². The molecule has 0 radical (unpaired) electrons. The maximum absolute atomic E-state index is 5.36. The van der Waals surface area contributed by atoms with Crippen molar-refractivity contribution < 1.29 is 4.74 Å². The van der Waals surface area contributed by atoms with Gasteiger partial charge in [-0.1, -0.05) is 48.0 Å². The van der Waals surface area contributed by atoms with Gasteiger partial charge in [0.15, 0.2) is 5.13 Å². The topological polar surface area (TPSA) is 34.1 Å². The van der Waals surface area contributed by atoms with Gasteiger partial charge in [-0.25, -0.2) is 4.98 Å². The van der Waals surface area contributed by atoms with Crippen LogP contribution in [0.2, 0.25) is 0 Å². The molecule has 0 fully saturated rings. The molecule has 0 spiro atoms. The number of thiazole rings is 1. The summed E-state index contributed by atoms with van der Waals surface area (Å²) in [6.07, 6.45) is 0. The molecule has 112 valence electrons. The minimum atomic E-state index is 0.699. The van der Waals surface area contributed by atoms with Crippen molar-refractivity contribution in [3.05, 3.63) is 65.0 Å². The number of ether oxygens (including phenoxy) is 1. The first-order valence-electron chi connectivity index (χ1n) is 7.14. The summed E-state index contributed by atoms with van der Waals surface area (Å²) in [4.78, 5) is 4.65. The zero-order chi connectivity index (χ0) is 15.4. The molecule has 0 bridgehead atoms. The number of nitrogens with zero attached hydrogens (tertiary/aromatic N) is 1. The molecule has 1 heterocycles. The Morgan fingerprint density at radius 1 is 1.09 bits per heavy atom. The maximum atomic E-state index is 5.36. The number of hydrogen-bond donors (Lipinski definition) is 1. The number of benzene rings is 2. The molecule has 0 amide bonds. The second-order valence-corrected chi connectivity index (χ2v) is 5.93. The third-order valence-corrected chi connectivity index (χ3v) is 4.27. The lowest BCUT2D eigenvalue weighted by Crippen LogP contribution is -2.01. The van der Waals surface area contributed by atoms with Crippen molar-refractivity contribution in [1.82, 2.24) is 4.98 Å². The Bertz CT molecular complexity index is 750. The van der Waals surface area contributed by atoms with Crippen LogP contribution in [0.1, 0.15) is 11.1 Å². The maximum Gasteiger partial charge on any atom is 0.183 e. The third-order valence-electron chi connectivity index (χ3n) is 3.47. The molecule has 3 nitrogen and oxygen atoms in total. The number of nitrogens with one attached hydrogen (secondary N) is 1. The lowest BCUT2D eigenvalue weighted by atomic mass is 10.1. The predicted molar refractivity (Wildman–Crippen MR) is 92.6 cm³/mol. The fourth-order valence-corrected chi connectivity index (χ4v) is 2.95. The Kier molecular flexibility index (Phi) is 4.39. The first kappa shape index (κ1) is 14.6. The van der Waals surface area contributed by atoms with Crippen LogP contribution in [-0.2, 0) is 6.54 Å². The van der Waals surface area contributed by atoms with Crippen LogP contribution >= 0.6 is 11.3 Å². The van der Waals surface area contributed by atoms with Gasteiger partial charge >= 0.3 is 0 Å². The highest BCUT2D eigenvalue weighted by Crippen LogP contribution is 2.26. The molecular formula is C18H18N2OS. The summed E-state index contributed by atoms with van der Waals surface area (Å²) in [5, 5.41) is 6.36. The monoisotopic (exact) mass is 310 g/mol. The van der Waals surface area contributed by atoms with Crippen molar-refractivity contribution in [2.75, 3.05) is 12.4 Å². The van der Waals surface area contributed by atoms with Crippen LogP contribution in [0, 0.1) is 6.92 Å². The summed E-state index contributed by atoms with van der Waals surface area (Å²) in [5.41, 5.74) is 4.53. The summed E-state index contributed by atoms with van der Waals surface area (Å²) in [6.45, 7) is 2.79. The molecule has 22 heavy (non-hydrogen) atoms. The first-order valence-corrected chi connectivity index (χ1v) is 8.02. The lowest BCUT2D eigenvalue weighted by molar-refractivity contribution is 0.410. The Morgan fingerprint density at radius 2 is 1.86 bits per heavy atom. The lowest BCUT2D eigenvalue weighted by Gasteiger charge is -2.08. The quantitative estimate of drug-likeness (QED) is 0.739. The Morgan fingerprint density at radius 3 is 2.64 bits per heavy atom. The standard InChI is InChI=1S/C18H18N2OS/c1-13-7-9-14(10-8-13)16-12-22-18(20-16)19-11-15-5-3-4-6-17(15)21-2/h3-10,12H,11H2,1-2H3,(H,19,20). The van der Waals surface area contributed by atoms with E-state index in [0.29, 0.717) is 6.54 Å². The minimum absolute atomic E-state index is 0.699. The van der Waals surface area contributed by atoms with Gasteiger partial charge in [0.1, 0.15) is 5.75 Å². The average molecular weight is 310 g/mol. The van der Waals surface area contributed by atoms with Crippen molar-refractivity contribution in [3.63, 3.8) is 0 Å². The minimum Gasteiger partial charge on any atom is -0.496 e. The zero-order valence-electron chi connectivity index (χ0n) is 12.7. The Labute approximate surface area is 134 Å². The summed E-state index contributed by atoms with van der Waals surface area (Å²) in [5.74, 6) is 0.894. The Balaban J connectivity index is 1.71. The largest absolute Gasteiger partial charge is 0.496 e. The second kappa shape index (κ2) is 6.62. The van der Waals surface area contributed by atoms with Crippen molar-refractivity contribution in [2.45, 2.75) is 13.5 Å². The highest BCUT2D eigenvalue weighted by molar-refractivity contribution is 7.14. The smallest absolute Gasteiger partial charge is 0.183 e. The van der Waals surface area contributed by atoms with Crippen molar-refractivity contribution in [2.24, 2.45) is 0 Å². The van der Waals surface area contributed by atoms with E-state index in [0.717, 1.165) is 27.7 Å². The SMILES string of the molecule is COc1ccccc1CNc1nc(-c2ccc(C)cc2)cs1. The molecule has 0 aliphatic carbocycles. The number of aromatic nitrogens is 1. The summed E-state index contributed by atoms with van der Waals surface area (Å²) >= 11 is 1.62. The molecule has 2 aromatic carbocycles. The van der Waals surface area contributed by atoms with E-state index in [-0.39, 0.29) is 0 Å². The Hall–Kier alpha value is -2.33. The van der Waals surface area contributed by atoms with Crippen molar-refractivity contribution in [3.8, 4) is 17.0 Å². The van der Waals surface area contributed by atoms with E-state index in [1.165, 1.54) is 5.56 Å².